The van der Waals surface area contributed by atoms with E-state index in [9.17, 15) is 0 Å². The Morgan fingerprint density at radius 3 is 2.64 bits per heavy atom. The minimum Gasteiger partial charge on any atom is -0.496 e. The summed E-state index contributed by atoms with van der Waals surface area (Å²) >= 11 is 6.23. The number of rotatable bonds is 4. The van der Waals surface area contributed by atoms with Crippen LogP contribution in [0.1, 0.15) is 30.0 Å². The monoisotopic (exact) mass is 381 g/mol. The van der Waals surface area contributed by atoms with Crippen molar-refractivity contribution in [2.45, 2.75) is 25.3 Å². The number of nitrogens with zero attached hydrogens (tertiary/aromatic N) is 1. The van der Waals surface area contributed by atoms with Crippen LogP contribution in [-0.2, 0) is 6.42 Å². The molecule has 2 atom stereocenters. The highest BCUT2D eigenvalue weighted by molar-refractivity contribution is 6.33. The van der Waals surface area contributed by atoms with Crippen molar-refractivity contribution in [3.63, 3.8) is 0 Å². The number of methoxy groups -OCH3 is 1. The molecule has 0 radical (unpaired) electrons. The van der Waals surface area contributed by atoms with Crippen LogP contribution in [0.25, 0.3) is 0 Å². The number of anilines is 1. The molecular formula is C19H25Cl2N3O. The smallest absolute Gasteiger partial charge is 0.124 e. The number of halogens is 2. The van der Waals surface area contributed by atoms with Gasteiger partial charge < -0.3 is 10.5 Å². The molecule has 6 heteroatoms. The summed E-state index contributed by atoms with van der Waals surface area (Å²) in [7, 11) is 1.66. The first-order valence-corrected chi connectivity index (χ1v) is 8.66. The summed E-state index contributed by atoms with van der Waals surface area (Å²) in [4.78, 5) is 0. The molecule has 0 aromatic heterocycles. The van der Waals surface area contributed by atoms with E-state index in [4.69, 9.17) is 27.9 Å². The molecule has 2 aromatic rings. The van der Waals surface area contributed by atoms with Gasteiger partial charge in [-0.3, -0.25) is 5.84 Å². The van der Waals surface area contributed by atoms with Crippen LogP contribution < -0.4 is 16.3 Å². The van der Waals surface area contributed by atoms with Gasteiger partial charge in [0.1, 0.15) is 5.75 Å². The lowest BCUT2D eigenvalue weighted by molar-refractivity contribution is 0.0923. The summed E-state index contributed by atoms with van der Waals surface area (Å²) in [6.45, 7) is 0.912. The number of nitrogens with two attached hydrogens (primary N) is 2. The molecule has 3 rings (SSSR count). The van der Waals surface area contributed by atoms with Crippen LogP contribution in [-0.4, -0.2) is 18.7 Å². The third-order valence-corrected chi connectivity index (χ3v) is 5.15. The Balaban J connectivity index is 0.00000225. The van der Waals surface area contributed by atoms with E-state index in [0.29, 0.717) is 16.6 Å². The summed E-state index contributed by atoms with van der Waals surface area (Å²) in [6, 6.07) is 14.4. The maximum atomic E-state index is 6.34. The molecule has 1 saturated heterocycles. The molecule has 0 amide bonds. The van der Waals surface area contributed by atoms with Crippen molar-refractivity contribution >= 4 is 29.7 Å². The zero-order chi connectivity index (χ0) is 17.1. The Morgan fingerprint density at radius 2 is 1.96 bits per heavy atom. The Bertz CT molecular complexity index is 697. The van der Waals surface area contributed by atoms with Gasteiger partial charge in [-0.2, -0.15) is 0 Å². The Hall–Kier alpha value is -1.46. The molecular weight excluding hydrogens is 357 g/mol. The van der Waals surface area contributed by atoms with Crippen LogP contribution in [0, 0.1) is 5.92 Å². The van der Waals surface area contributed by atoms with Gasteiger partial charge >= 0.3 is 0 Å². The number of ether oxygens (including phenoxy) is 1. The van der Waals surface area contributed by atoms with Gasteiger partial charge in [-0.25, -0.2) is 5.01 Å². The summed E-state index contributed by atoms with van der Waals surface area (Å²) in [5.41, 5.74) is 8.78. The van der Waals surface area contributed by atoms with Gasteiger partial charge in [-0.05, 0) is 42.4 Å². The van der Waals surface area contributed by atoms with Crippen molar-refractivity contribution in [3.8, 4) is 5.75 Å². The largest absolute Gasteiger partial charge is 0.496 e. The second-order valence-electron chi connectivity index (χ2n) is 6.39. The molecule has 0 saturated carbocycles. The number of piperidine rings is 1. The fourth-order valence-electron chi connectivity index (χ4n) is 3.67. The van der Waals surface area contributed by atoms with Crippen LogP contribution in [0.4, 0.5) is 5.69 Å². The third-order valence-electron chi connectivity index (χ3n) is 4.82. The topological polar surface area (TPSA) is 64.5 Å². The minimum absolute atomic E-state index is 0. The second kappa shape index (κ2) is 8.77. The summed E-state index contributed by atoms with van der Waals surface area (Å²) in [6.07, 6.45) is 3.07. The first kappa shape index (κ1) is 19.9. The van der Waals surface area contributed by atoms with Crippen molar-refractivity contribution in [3.05, 3.63) is 58.6 Å². The van der Waals surface area contributed by atoms with E-state index in [1.54, 1.807) is 13.2 Å². The SMILES string of the molecule is COc1cc(N)c(Cl)cc1C[C@@H]1CCCN(N)[C@@H]1c1ccccc1.Cl. The fraction of sp³-hybridized carbons (Fsp3) is 0.368. The maximum absolute atomic E-state index is 6.34. The Kier molecular flexibility index (Phi) is 6.96. The van der Waals surface area contributed by atoms with Gasteiger partial charge in [0, 0.05) is 12.6 Å². The first-order chi connectivity index (χ1) is 11.6. The Labute approximate surface area is 160 Å². The van der Waals surface area contributed by atoms with E-state index in [1.165, 1.54) is 5.56 Å². The number of hydrogen-bond acceptors (Lipinski definition) is 4. The molecule has 2 aromatic carbocycles. The lowest BCUT2D eigenvalue weighted by Crippen LogP contribution is -2.44. The molecule has 25 heavy (non-hydrogen) atoms. The van der Waals surface area contributed by atoms with Crippen molar-refractivity contribution in [1.82, 2.24) is 5.01 Å². The number of hydrazine groups is 1. The predicted octanol–water partition coefficient (Wildman–Crippen LogP) is 4.22. The molecule has 1 heterocycles. The average molecular weight is 382 g/mol. The number of hydrogen-bond donors (Lipinski definition) is 2. The highest BCUT2D eigenvalue weighted by atomic mass is 35.5. The average Bonchev–Trinajstić information content (AvgIpc) is 2.59. The van der Waals surface area contributed by atoms with E-state index in [0.717, 1.165) is 37.1 Å². The normalized spacial score (nSPS) is 20.8. The van der Waals surface area contributed by atoms with Crippen LogP contribution >= 0.6 is 24.0 Å². The molecule has 4 nitrogen and oxygen atoms in total. The summed E-state index contributed by atoms with van der Waals surface area (Å²) in [5, 5.41) is 2.54. The number of nitrogen functional groups attached to an aromatic ring is 1. The number of benzene rings is 2. The zero-order valence-electron chi connectivity index (χ0n) is 14.3. The lowest BCUT2D eigenvalue weighted by atomic mass is 9.81. The van der Waals surface area contributed by atoms with Crippen molar-refractivity contribution in [2.75, 3.05) is 19.4 Å². The molecule has 0 aliphatic carbocycles. The minimum atomic E-state index is 0. The molecule has 1 aliphatic heterocycles. The van der Waals surface area contributed by atoms with E-state index in [2.05, 4.69) is 24.3 Å². The molecule has 0 bridgehead atoms. The van der Waals surface area contributed by atoms with Gasteiger partial charge in [0.15, 0.2) is 0 Å². The van der Waals surface area contributed by atoms with E-state index in [-0.39, 0.29) is 18.4 Å². The van der Waals surface area contributed by atoms with E-state index < -0.39 is 0 Å². The molecule has 1 fully saturated rings. The first-order valence-electron chi connectivity index (χ1n) is 8.28. The van der Waals surface area contributed by atoms with Crippen molar-refractivity contribution < 1.29 is 4.74 Å². The maximum Gasteiger partial charge on any atom is 0.124 e. The van der Waals surface area contributed by atoms with Gasteiger partial charge in [-0.15, -0.1) is 12.4 Å². The lowest BCUT2D eigenvalue weighted by Gasteiger charge is -2.39. The van der Waals surface area contributed by atoms with Crippen molar-refractivity contribution in [2.24, 2.45) is 11.8 Å². The van der Waals surface area contributed by atoms with Gasteiger partial charge in [0.2, 0.25) is 0 Å². The van der Waals surface area contributed by atoms with Crippen molar-refractivity contribution in [1.29, 1.82) is 0 Å². The van der Waals surface area contributed by atoms with Gasteiger partial charge in [0.05, 0.1) is 23.9 Å². The molecule has 1 aliphatic rings. The molecule has 0 unspecified atom stereocenters. The Morgan fingerprint density at radius 1 is 1.24 bits per heavy atom. The third kappa shape index (κ3) is 4.39. The molecule has 136 valence electrons. The zero-order valence-corrected chi connectivity index (χ0v) is 15.9. The summed E-state index contributed by atoms with van der Waals surface area (Å²) in [5.74, 6) is 7.53. The highest BCUT2D eigenvalue weighted by Crippen LogP contribution is 2.39. The summed E-state index contributed by atoms with van der Waals surface area (Å²) < 4.78 is 5.51. The second-order valence-corrected chi connectivity index (χ2v) is 6.79. The standard InChI is InChI=1S/C19H24ClN3O.ClH/c1-24-18-12-17(21)16(20)11-15(18)10-14-8-5-9-23(22)19(14)13-6-3-2-4-7-13;/h2-4,6-7,11-12,14,19H,5,8-10,21-22H2,1H3;1H/t14-,19+;/m0./s1. The van der Waals surface area contributed by atoms with E-state index >= 15 is 0 Å². The van der Waals surface area contributed by atoms with Crippen LogP contribution in [0.2, 0.25) is 5.02 Å². The quantitative estimate of drug-likeness (QED) is 0.614. The van der Waals surface area contributed by atoms with Crippen LogP contribution in [0.5, 0.6) is 5.75 Å². The van der Waals surface area contributed by atoms with Gasteiger partial charge in [0.25, 0.3) is 0 Å². The highest BCUT2D eigenvalue weighted by Gasteiger charge is 2.31. The van der Waals surface area contributed by atoms with E-state index in [1.807, 2.05) is 17.1 Å². The predicted molar refractivity (Wildman–Crippen MR) is 106 cm³/mol. The molecule has 4 N–H and O–H groups in total. The van der Waals surface area contributed by atoms with Crippen LogP contribution in [0.3, 0.4) is 0 Å². The van der Waals surface area contributed by atoms with Crippen LogP contribution in [0.15, 0.2) is 42.5 Å². The van der Waals surface area contributed by atoms with Gasteiger partial charge in [-0.1, -0.05) is 41.9 Å². The fourth-order valence-corrected chi connectivity index (χ4v) is 3.86. The molecule has 0 spiro atoms.